The van der Waals surface area contributed by atoms with E-state index in [1.807, 2.05) is 35.7 Å². The lowest BCUT2D eigenvalue weighted by Crippen LogP contribution is -2.41. The van der Waals surface area contributed by atoms with E-state index in [2.05, 4.69) is 9.88 Å². The minimum Gasteiger partial charge on any atom is -0.497 e. The van der Waals surface area contributed by atoms with Gasteiger partial charge in [-0.25, -0.2) is 0 Å². The molecule has 1 saturated heterocycles. The lowest BCUT2D eigenvalue weighted by molar-refractivity contribution is -0.137. The Labute approximate surface area is 225 Å². The summed E-state index contributed by atoms with van der Waals surface area (Å²) in [6.45, 7) is 2.86. The molecule has 1 aliphatic rings. The number of carboxylic acid groups (broad SMARTS) is 1. The third-order valence-electron chi connectivity index (χ3n) is 7.08. The highest BCUT2D eigenvalue weighted by atomic mass is 35.5. The van der Waals surface area contributed by atoms with Crippen molar-refractivity contribution < 1.29 is 19.7 Å². The van der Waals surface area contributed by atoms with Gasteiger partial charge in [-0.15, -0.1) is 23.1 Å². The van der Waals surface area contributed by atoms with Crippen molar-refractivity contribution in [1.29, 1.82) is 0 Å². The zero-order chi connectivity index (χ0) is 25.5. The van der Waals surface area contributed by atoms with Crippen molar-refractivity contribution in [3.8, 4) is 5.75 Å². The molecule has 0 amide bonds. The van der Waals surface area contributed by atoms with Gasteiger partial charge in [-0.3, -0.25) is 9.78 Å². The highest BCUT2D eigenvalue weighted by Gasteiger charge is 2.30. The third kappa shape index (κ3) is 7.13. The maximum absolute atomic E-state index is 11.3. The lowest BCUT2D eigenvalue weighted by atomic mass is 9.79. The highest BCUT2D eigenvalue weighted by Crippen LogP contribution is 2.36. The van der Waals surface area contributed by atoms with Crippen LogP contribution >= 0.6 is 34.7 Å². The number of nitrogens with zero attached hydrogens (tertiary/aromatic N) is 2. The predicted molar refractivity (Wildman–Crippen MR) is 147 cm³/mol. The Balaban J connectivity index is 1.36. The maximum atomic E-state index is 11.3. The summed E-state index contributed by atoms with van der Waals surface area (Å²) < 4.78 is 6.52. The van der Waals surface area contributed by atoms with E-state index in [1.54, 1.807) is 36.4 Å². The van der Waals surface area contributed by atoms with Crippen LogP contribution in [0.15, 0.2) is 46.1 Å². The van der Waals surface area contributed by atoms with Gasteiger partial charge in [-0.1, -0.05) is 11.6 Å². The minimum atomic E-state index is -0.744. The summed E-state index contributed by atoms with van der Waals surface area (Å²) in [7, 11) is 1.63. The minimum absolute atomic E-state index is 0.186. The Kier molecular flexibility index (Phi) is 9.90. The number of carbonyl (C=O) groups is 1. The molecular weight excluding hydrogens is 516 g/mol. The monoisotopic (exact) mass is 548 g/mol. The van der Waals surface area contributed by atoms with Crippen molar-refractivity contribution in [1.82, 2.24) is 9.88 Å². The Morgan fingerprint density at radius 1 is 1.31 bits per heavy atom. The molecule has 6 nitrogen and oxygen atoms in total. The van der Waals surface area contributed by atoms with Crippen molar-refractivity contribution in [2.45, 2.75) is 42.4 Å². The number of carboxylic acids is 1. The molecule has 4 rings (SSSR count). The van der Waals surface area contributed by atoms with E-state index in [9.17, 15) is 15.0 Å². The first-order valence-corrected chi connectivity index (χ1v) is 14.6. The Hall–Kier alpha value is -1.84. The molecular formula is C27H33ClN2O4S2. The molecule has 2 aromatic heterocycles. The Morgan fingerprint density at radius 3 is 2.92 bits per heavy atom. The van der Waals surface area contributed by atoms with Gasteiger partial charge in [0.15, 0.2) is 0 Å². The number of pyridine rings is 1. The number of aliphatic carboxylic acids is 1. The number of thioether (sulfide) groups is 1. The molecule has 1 aromatic carbocycles. The van der Waals surface area contributed by atoms with Crippen LogP contribution in [0.3, 0.4) is 0 Å². The van der Waals surface area contributed by atoms with Gasteiger partial charge in [0.1, 0.15) is 5.75 Å². The molecule has 0 saturated carbocycles. The van der Waals surface area contributed by atoms with Crippen molar-refractivity contribution in [3.63, 3.8) is 0 Å². The average Bonchev–Trinajstić information content (AvgIpc) is 3.30. The molecule has 0 radical (unpaired) electrons. The molecule has 3 aromatic rings. The molecule has 2 N–H and O–H groups in total. The van der Waals surface area contributed by atoms with Gasteiger partial charge in [-0.05, 0) is 85.3 Å². The van der Waals surface area contributed by atoms with Crippen LogP contribution in [-0.2, 0) is 4.79 Å². The number of ether oxygens (including phenoxy) is 1. The lowest BCUT2D eigenvalue weighted by Gasteiger charge is -2.39. The van der Waals surface area contributed by atoms with E-state index < -0.39 is 12.1 Å². The van der Waals surface area contributed by atoms with Crippen LogP contribution in [0.25, 0.3) is 10.9 Å². The number of thiophene rings is 1. The van der Waals surface area contributed by atoms with E-state index >= 15 is 0 Å². The van der Waals surface area contributed by atoms with E-state index in [4.69, 9.17) is 16.3 Å². The topological polar surface area (TPSA) is 82.9 Å². The number of rotatable bonds is 12. The summed E-state index contributed by atoms with van der Waals surface area (Å²) in [5.41, 5.74) is 1.70. The first-order chi connectivity index (χ1) is 17.4. The summed E-state index contributed by atoms with van der Waals surface area (Å²) in [6, 6.07) is 9.53. The molecule has 1 aliphatic heterocycles. The third-order valence-corrected chi connectivity index (χ3v) is 9.84. The standard InChI is InChI=1S/C27H33ClN2O4S2/c1-34-20-4-5-24-22(16-20)21(8-11-29-24)25(31)6-2-18-9-12-30(17-19(18)3-7-26(32)33)13-15-36-27-23(28)10-14-35-27/h4-5,8,10-11,14,16,18-19,25,31H,2-3,6-7,9,12-13,15,17H2,1H3,(H,32,33)/t18-,19-,25-/m1/s1. The molecule has 194 valence electrons. The largest absolute Gasteiger partial charge is 0.497 e. The molecule has 0 unspecified atom stereocenters. The summed E-state index contributed by atoms with van der Waals surface area (Å²) in [4.78, 5) is 18.2. The van der Waals surface area contributed by atoms with Crippen LogP contribution in [-0.4, -0.2) is 58.6 Å². The number of aliphatic hydroxyl groups is 1. The fraction of sp³-hybridized carbons (Fsp3) is 0.481. The van der Waals surface area contributed by atoms with E-state index in [1.165, 1.54) is 0 Å². The number of methoxy groups -OCH3 is 1. The number of fused-ring (bicyclic) bond motifs is 1. The zero-order valence-corrected chi connectivity index (χ0v) is 22.8. The summed E-state index contributed by atoms with van der Waals surface area (Å²) in [5, 5.41) is 24.1. The molecule has 3 heterocycles. The quantitative estimate of drug-likeness (QED) is 0.254. The van der Waals surface area contributed by atoms with Crippen molar-refractivity contribution >= 4 is 51.6 Å². The van der Waals surface area contributed by atoms with Crippen LogP contribution in [0, 0.1) is 11.8 Å². The molecule has 1 fully saturated rings. The van der Waals surface area contributed by atoms with Gasteiger partial charge in [0, 0.05) is 36.8 Å². The van der Waals surface area contributed by atoms with Crippen molar-refractivity contribution in [3.05, 3.63) is 52.5 Å². The average molecular weight is 549 g/mol. The van der Waals surface area contributed by atoms with Crippen LogP contribution in [0.5, 0.6) is 5.75 Å². The maximum Gasteiger partial charge on any atom is 0.303 e. The SMILES string of the molecule is COc1ccc2nccc([C@H](O)CC[C@@H]3CCN(CCSc4sccc4Cl)C[C@H]3CCC(=O)O)c2c1. The van der Waals surface area contributed by atoms with Gasteiger partial charge in [0.05, 0.1) is 28.0 Å². The zero-order valence-electron chi connectivity index (χ0n) is 20.4. The van der Waals surface area contributed by atoms with Gasteiger partial charge >= 0.3 is 5.97 Å². The van der Waals surface area contributed by atoms with Gasteiger partial charge < -0.3 is 19.8 Å². The van der Waals surface area contributed by atoms with Crippen LogP contribution in [0.1, 0.15) is 43.8 Å². The smallest absolute Gasteiger partial charge is 0.303 e. The van der Waals surface area contributed by atoms with Crippen LogP contribution in [0.2, 0.25) is 5.02 Å². The number of aromatic nitrogens is 1. The van der Waals surface area contributed by atoms with Crippen molar-refractivity contribution in [2.75, 3.05) is 32.5 Å². The Bertz CT molecular complexity index is 1160. The molecule has 0 aliphatic carbocycles. The van der Waals surface area contributed by atoms with Gasteiger partial charge in [0.25, 0.3) is 0 Å². The highest BCUT2D eigenvalue weighted by molar-refractivity contribution is 8.01. The second kappa shape index (κ2) is 13.1. The predicted octanol–water partition coefficient (Wildman–Crippen LogP) is 6.37. The number of hydrogen-bond donors (Lipinski definition) is 2. The second-order valence-corrected chi connectivity index (χ2v) is 12.0. The van der Waals surface area contributed by atoms with Gasteiger partial charge in [0.2, 0.25) is 0 Å². The van der Waals surface area contributed by atoms with Crippen LogP contribution in [0.4, 0.5) is 0 Å². The first-order valence-electron chi connectivity index (χ1n) is 12.3. The number of aliphatic hydroxyl groups excluding tert-OH is 1. The van der Waals surface area contributed by atoms with Gasteiger partial charge in [-0.2, -0.15) is 0 Å². The van der Waals surface area contributed by atoms with E-state index in [0.717, 1.165) is 69.7 Å². The number of piperidine rings is 1. The first kappa shape index (κ1) is 27.2. The normalized spacial score (nSPS) is 19.4. The molecule has 0 bridgehead atoms. The summed E-state index contributed by atoms with van der Waals surface area (Å²) in [6.07, 6.45) is 4.52. The number of likely N-dealkylation sites (tertiary alicyclic amines) is 1. The molecule has 0 spiro atoms. The van der Waals surface area contributed by atoms with Crippen LogP contribution < -0.4 is 4.74 Å². The number of hydrogen-bond acceptors (Lipinski definition) is 7. The molecule has 3 atom stereocenters. The number of benzene rings is 1. The fourth-order valence-corrected chi connectivity index (χ4v) is 7.49. The molecule has 9 heteroatoms. The van der Waals surface area contributed by atoms with E-state index in [-0.39, 0.29) is 6.42 Å². The number of halogens is 1. The second-order valence-electron chi connectivity index (χ2n) is 9.32. The molecule has 36 heavy (non-hydrogen) atoms. The Morgan fingerprint density at radius 2 is 2.17 bits per heavy atom. The summed E-state index contributed by atoms with van der Waals surface area (Å²) in [5.74, 6) is 1.67. The fourth-order valence-electron chi connectivity index (χ4n) is 5.12. The summed E-state index contributed by atoms with van der Waals surface area (Å²) >= 11 is 9.67. The van der Waals surface area contributed by atoms with E-state index in [0.29, 0.717) is 24.7 Å². The van der Waals surface area contributed by atoms with Crippen molar-refractivity contribution in [2.24, 2.45) is 11.8 Å².